The highest BCUT2D eigenvalue weighted by Gasteiger charge is 2.08. The maximum Gasteiger partial charge on any atom is 0.269 e. The van der Waals surface area contributed by atoms with Gasteiger partial charge in [-0.05, 0) is 61.4 Å². The third-order valence-corrected chi connectivity index (χ3v) is 4.61. The van der Waals surface area contributed by atoms with Crippen LogP contribution in [0.3, 0.4) is 0 Å². The van der Waals surface area contributed by atoms with Crippen LogP contribution in [0.25, 0.3) is 17.3 Å². The van der Waals surface area contributed by atoms with Crippen molar-refractivity contribution in [1.29, 1.82) is 0 Å². The van der Waals surface area contributed by atoms with Crippen LogP contribution in [0.1, 0.15) is 16.7 Å². The minimum absolute atomic E-state index is 0.129. The summed E-state index contributed by atoms with van der Waals surface area (Å²) in [5, 5.41) is 4.47. The molecule has 0 aliphatic heterocycles. The first-order chi connectivity index (χ1) is 13.3. The van der Waals surface area contributed by atoms with Gasteiger partial charge in [0.1, 0.15) is 5.82 Å². The molecular weight excluding hydrogens is 353 g/mol. The first kappa shape index (κ1) is 19.5. The van der Waals surface area contributed by atoms with Crippen molar-refractivity contribution < 1.29 is 4.39 Å². The van der Waals surface area contributed by atoms with E-state index < -0.39 is 0 Å². The summed E-state index contributed by atoms with van der Waals surface area (Å²) in [7, 11) is 4.00. The summed E-state index contributed by atoms with van der Waals surface area (Å²) in [5.41, 5.74) is 4.67. The largest absolute Gasteiger partial charge is 0.378 e. The fraction of sp³-hybridized carbons (Fsp3) is 0.217. The molecule has 4 nitrogen and oxygen atoms in total. The highest BCUT2D eigenvalue weighted by atomic mass is 19.1. The Hall–Kier alpha value is -3.21. The van der Waals surface area contributed by atoms with Crippen molar-refractivity contribution >= 4 is 11.8 Å². The Morgan fingerprint density at radius 3 is 2.39 bits per heavy atom. The van der Waals surface area contributed by atoms with Crippen LogP contribution in [-0.4, -0.2) is 23.9 Å². The second-order valence-corrected chi connectivity index (χ2v) is 7.05. The average molecular weight is 377 g/mol. The van der Waals surface area contributed by atoms with Gasteiger partial charge in [0, 0.05) is 30.9 Å². The van der Waals surface area contributed by atoms with Crippen molar-refractivity contribution in [1.82, 2.24) is 9.78 Å². The maximum absolute atomic E-state index is 13.5. The van der Waals surface area contributed by atoms with Crippen LogP contribution in [0.4, 0.5) is 10.1 Å². The third-order valence-electron chi connectivity index (χ3n) is 4.61. The molecule has 3 aromatic rings. The van der Waals surface area contributed by atoms with E-state index in [2.05, 4.69) is 5.10 Å². The minimum atomic E-state index is -0.253. The molecular formula is C23H24FN3O. The van der Waals surface area contributed by atoms with Gasteiger partial charge < -0.3 is 4.90 Å². The normalized spacial score (nSPS) is 11.2. The molecule has 1 aromatic heterocycles. The van der Waals surface area contributed by atoms with Crippen LogP contribution in [0, 0.1) is 19.7 Å². The Morgan fingerprint density at radius 2 is 1.75 bits per heavy atom. The van der Waals surface area contributed by atoms with Gasteiger partial charge in [-0.25, -0.2) is 9.07 Å². The van der Waals surface area contributed by atoms with Gasteiger partial charge in [-0.1, -0.05) is 24.3 Å². The molecule has 0 N–H and O–H groups in total. The lowest BCUT2D eigenvalue weighted by molar-refractivity contribution is 0.618. The first-order valence-electron chi connectivity index (χ1n) is 9.14. The van der Waals surface area contributed by atoms with Crippen LogP contribution in [0.2, 0.25) is 0 Å². The van der Waals surface area contributed by atoms with Gasteiger partial charge in [0.2, 0.25) is 0 Å². The number of anilines is 1. The lowest BCUT2D eigenvalue weighted by Gasteiger charge is -2.11. The summed E-state index contributed by atoms with van der Waals surface area (Å²) in [4.78, 5) is 14.5. The van der Waals surface area contributed by atoms with Gasteiger partial charge in [-0.2, -0.15) is 5.10 Å². The molecule has 0 radical (unpaired) electrons. The quantitative estimate of drug-likeness (QED) is 0.659. The molecule has 0 aliphatic carbocycles. The van der Waals surface area contributed by atoms with Crippen LogP contribution >= 0.6 is 0 Å². The standard InChI is InChI=1S/C23H24FN3O/c1-16-14-19(9-12-21(16)24)22-15-17(2)23(28)27(25-22)13-5-6-18-7-10-20(11-8-18)26(3)4/h5-12,14-15H,13H2,1-4H3. The van der Waals surface area contributed by atoms with E-state index in [9.17, 15) is 9.18 Å². The Morgan fingerprint density at radius 1 is 1.04 bits per heavy atom. The van der Waals surface area contributed by atoms with Crippen LogP contribution in [0.15, 0.2) is 59.4 Å². The van der Waals surface area contributed by atoms with Crippen molar-refractivity contribution in [2.45, 2.75) is 20.4 Å². The first-order valence-corrected chi connectivity index (χ1v) is 9.14. The number of halogens is 1. The molecule has 0 saturated carbocycles. The second kappa shape index (κ2) is 8.21. The SMILES string of the molecule is Cc1cc(-c2cc(C)c(=O)n(CC=Cc3ccc(N(C)C)cc3)n2)ccc1F. The predicted molar refractivity (Wildman–Crippen MR) is 113 cm³/mol. The molecule has 2 aromatic carbocycles. The van der Waals surface area contributed by atoms with Gasteiger partial charge in [-0.15, -0.1) is 0 Å². The zero-order valence-electron chi connectivity index (χ0n) is 16.6. The molecule has 5 heteroatoms. The zero-order chi connectivity index (χ0) is 20.3. The number of benzene rings is 2. The Bertz CT molecular complexity index is 1070. The average Bonchev–Trinajstić information content (AvgIpc) is 2.67. The highest BCUT2D eigenvalue weighted by molar-refractivity contribution is 5.60. The lowest BCUT2D eigenvalue weighted by atomic mass is 10.1. The summed E-state index contributed by atoms with van der Waals surface area (Å²) in [6.45, 7) is 3.85. The van der Waals surface area contributed by atoms with Gasteiger partial charge in [0.05, 0.1) is 12.2 Å². The molecule has 0 saturated heterocycles. The van der Waals surface area contributed by atoms with E-state index in [0.29, 0.717) is 23.4 Å². The molecule has 1 heterocycles. The molecule has 0 unspecified atom stereocenters. The van der Waals surface area contributed by atoms with Crippen molar-refractivity contribution in [2.75, 3.05) is 19.0 Å². The number of nitrogens with zero attached hydrogens (tertiary/aromatic N) is 3. The van der Waals surface area contributed by atoms with E-state index in [1.54, 1.807) is 32.0 Å². The van der Waals surface area contributed by atoms with Gasteiger partial charge in [-0.3, -0.25) is 4.79 Å². The predicted octanol–water partition coefficient (Wildman–Crippen LogP) is 4.45. The van der Waals surface area contributed by atoms with Crippen molar-refractivity contribution in [3.05, 3.63) is 87.5 Å². The molecule has 144 valence electrons. The summed E-state index contributed by atoms with van der Waals surface area (Å²) < 4.78 is 15.0. The summed E-state index contributed by atoms with van der Waals surface area (Å²) >= 11 is 0. The smallest absolute Gasteiger partial charge is 0.269 e. The molecule has 0 bridgehead atoms. The van der Waals surface area contributed by atoms with Crippen LogP contribution in [-0.2, 0) is 6.54 Å². The Labute approximate surface area is 164 Å². The van der Waals surface area contributed by atoms with Crippen molar-refractivity contribution in [3.8, 4) is 11.3 Å². The molecule has 0 spiro atoms. The number of hydrogen-bond donors (Lipinski definition) is 0. The molecule has 3 rings (SSSR count). The van der Waals surface area contributed by atoms with E-state index in [4.69, 9.17) is 0 Å². The maximum atomic E-state index is 13.5. The van der Waals surface area contributed by atoms with Crippen molar-refractivity contribution in [2.24, 2.45) is 0 Å². The van der Waals surface area contributed by atoms with Gasteiger partial charge >= 0.3 is 0 Å². The van der Waals surface area contributed by atoms with E-state index in [-0.39, 0.29) is 11.4 Å². The second-order valence-electron chi connectivity index (χ2n) is 7.05. The monoisotopic (exact) mass is 377 g/mol. The van der Waals surface area contributed by atoms with Gasteiger partial charge in [0.15, 0.2) is 0 Å². The van der Waals surface area contributed by atoms with E-state index in [1.807, 2.05) is 55.4 Å². The lowest BCUT2D eigenvalue weighted by Crippen LogP contribution is -2.24. The molecule has 0 atom stereocenters. The van der Waals surface area contributed by atoms with Crippen molar-refractivity contribution in [3.63, 3.8) is 0 Å². The number of rotatable bonds is 5. The Balaban J connectivity index is 1.84. The number of hydrogen-bond acceptors (Lipinski definition) is 3. The zero-order valence-corrected chi connectivity index (χ0v) is 16.6. The number of aromatic nitrogens is 2. The highest BCUT2D eigenvalue weighted by Crippen LogP contribution is 2.20. The summed E-state index contributed by atoms with van der Waals surface area (Å²) in [5.74, 6) is -0.253. The Kier molecular flexibility index (Phi) is 5.73. The third kappa shape index (κ3) is 4.36. The molecule has 28 heavy (non-hydrogen) atoms. The van der Waals surface area contributed by atoms with E-state index >= 15 is 0 Å². The molecule has 0 aliphatic rings. The minimum Gasteiger partial charge on any atom is -0.378 e. The van der Waals surface area contributed by atoms with Gasteiger partial charge in [0.25, 0.3) is 5.56 Å². The van der Waals surface area contributed by atoms with Crippen LogP contribution in [0.5, 0.6) is 0 Å². The fourth-order valence-electron chi connectivity index (χ4n) is 2.92. The van der Waals surface area contributed by atoms with Crippen LogP contribution < -0.4 is 10.5 Å². The topological polar surface area (TPSA) is 38.1 Å². The molecule has 0 fully saturated rings. The fourth-order valence-corrected chi connectivity index (χ4v) is 2.92. The molecule has 0 amide bonds. The number of aryl methyl sites for hydroxylation is 2. The summed E-state index contributed by atoms with van der Waals surface area (Å²) in [6, 6.07) is 14.8. The van der Waals surface area contributed by atoms with E-state index in [1.165, 1.54) is 10.7 Å². The van der Waals surface area contributed by atoms with E-state index in [0.717, 1.165) is 16.8 Å². The number of allylic oxidation sites excluding steroid dienone is 1. The summed E-state index contributed by atoms with van der Waals surface area (Å²) in [6.07, 6.45) is 3.88.